The maximum absolute atomic E-state index is 11.6. The van der Waals surface area contributed by atoms with Crippen LogP contribution in [0.2, 0.25) is 0 Å². The van der Waals surface area contributed by atoms with Gasteiger partial charge in [-0.05, 0) is 35.7 Å². The van der Waals surface area contributed by atoms with Crippen LogP contribution in [0.3, 0.4) is 0 Å². The largest absolute Gasteiger partial charge is 0.504 e. The first kappa shape index (κ1) is 34.0. The molecule has 0 heterocycles. The third-order valence-corrected chi connectivity index (χ3v) is 6.62. The van der Waals surface area contributed by atoms with Crippen LogP contribution in [0.5, 0.6) is 5.75 Å². The zero-order valence-electron chi connectivity index (χ0n) is 18.0. The number of benzene rings is 3. The Labute approximate surface area is 261 Å². The smallest absolute Gasteiger partial charge is 0.298 e. The van der Waals surface area contributed by atoms with E-state index < -0.39 is 56.5 Å². The molecule has 4 N–H and O–H groups in total. The maximum atomic E-state index is 11.6. The third kappa shape index (κ3) is 7.77. The monoisotopic (exact) mass is 557 g/mol. The molecule has 0 aromatic heterocycles. The van der Waals surface area contributed by atoms with Crippen molar-refractivity contribution in [1.29, 1.82) is 0 Å². The Hall–Kier alpha value is 0.0500. The molecule has 0 spiro atoms. The van der Waals surface area contributed by atoms with E-state index in [2.05, 4.69) is 10.2 Å². The predicted octanol–water partition coefficient (Wildman–Crippen LogP) is 1.56. The van der Waals surface area contributed by atoms with Crippen molar-refractivity contribution < 1.29 is 44.0 Å². The summed E-state index contributed by atoms with van der Waals surface area (Å²) in [5, 5.41) is 17.4. The van der Waals surface area contributed by atoms with Crippen LogP contribution in [0.25, 0.3) is 10.8 Å². The van der Waals surface area contributed by atoms with Gasteiger partial charge in [-0.15, -0.1) is 10.2 Å². The van der Waals surface area contributed by atoms with Gasteiger partial charge in [0.05, 0.1) is 4.90 Å². The Bertz CT molecular complexity index is 1580. The van der Waals surface area contributed by atoms with Crippen LogP contribution in [0.4, 0.5) is 11.4 Å². The number of phenolic OH excluding ortho intramolecular Hbond substituents is 1. The number of aromatic hydroxyl groups is 1. The van der Waals surface area contributed by atoms with Crippen LogP contribution in [0, 0.1) is 0 Å². The molecule has 0 aliphatic rings. The topological polar surface area (TPSA) is 208 Å². The van der Waals surface area contributed by atoms with Gasteiger partial charge in [0.25, 0.3) is 30.4 Å². The van der Waals surface area contributed by atoms with Crippen LogP contribution in [-0.2, 0) is 30.4 Å². The number of azo groups is 1. The number of rotatable bonds is 5. The minimum Gasteiger partial charge on any atom is -0.504 e. The summed E-state index contributed by atoms with van der Waals surface area (Å²) >= 11 is 0. The molecule has 0 bridgehead atoms. The standard InChI is InChI=1S/C16H12N2O10S3.3Na/c19-16-14(31(26,27)28)8-9-7-10(29(20,21)22)5-6-11(9)15(16)18-17-12-3-1-2-4-13(12)30(23,24)25;;;/h1-8,19H,(H,20,21,22)(H,23,24,25)(H,26,27,28);;;. The fourth-order valence-electron chi connectivity index (χ4n) is 2.65. The normalized spacial score (nSPS) is 12.0. The van der Waals surface area contributed by atoms with Gasteiger partial charge in [0.1, 0.15) is 21.2 Å². The van der Waals surface area contributed by atoms with Gasteiger partial charge in [-0.25, -0.2) is 0 Å². The molecule has 0 aliphatic heterocycles. The first-order chi connectivity index (χ1) is 14.2. The maximum Gasteiger partial charge on any atom is 0.298 e. The summed E-state index contributed by atoms with van der Waals surface area (Å²) in [6.07, 6.45) is 0. The van der Waals surface area contributed by atoms with Crippen LogP contribution in [-0.4, -0.2) is 133 Å². The van der Waals surface area contributed by atoms with Crippen molar-refractivity contribution in [3.8, 4) is 5.75 Å². The van der Waals surface area contributed by atoms with E-state index in [1.54, 1.807) is 0 Å². The van der Waals surface area contributed by atoms with E-state index in [1.165, 1.54) is 12.1 Å². The molecule has 0 unspecified atom stereocenters. The Kier molecular flexibility index (Phi) is 12.5. The Morgan fingerprint density at radius 3 is 1.74 bits per heavy atom. The summed E-state index contributed by atoms with van der Waals surface area (Å²) in [5.74, 6) is -1.05. The molecule has 0 atom stereocenters. The zero-order chi connectivity index (χ0) is 23.2. The third-order valence-electron chi connectivity index (χ3n) is 4.00. The SMILES string of the molecule is O=S(=O)(O)c1ccc2c(N=Nc3ccccc3S(=O)(=O)O)c(O)c(S(=O)(=O)O)cc2c1.[Na].[Na].[Na]. The van der Waals surface area contributed by atoms with Crippen LogP contribution < -0.4 is 0 Å². The quantitative estimate of drug-likeness (QED) is 0.202. The second kappa shape index (κ2) is 12.5. The van der Waals surface area contributed by atoms with E-state index in [0.717, 1.165) is 36.4 Å². The minimum atomic E-state index is -5.01. The molecule has 0 amide bonds. The zero-order valence-corrected chi connectivity index (χ0v) is 26.4. The summed E-state index contributed by atoms with van der Waals surface area (Å²) in [6, 6.07) is 8.48. The summed E-state index contributed by atoms with van der Waals surface area (Å²) in [7, 11) is -14.4. The molecule has 0 aliphatic carbocycles. The molecule has 34 heavy (non-hydrogen) atoms. The van der Waals surface area contributed by atoms with E-state index in [-0.39, 0.29) is 105 Å². The molecular formula is C16H12N2Na3O10S3. The molecule has 3 radical (unpaired) electrons. The number of nitrogens with zero attached hydrogens (tertiary/aromatic N) is 2. The van der Waals surface area contributed by atoms with Crippen molar-refractivity contribution in [2.45, 2.75) is 14.7 Å². The number of phenols is 1. The Balaban J connectivity index is 0.00000363. The summed E-state index contributed by atoms with van der Waals surface area (Å²) in [4.78, 5) is -2.27. The molecule has 167 valence electrons. The molecule has 12 nitrogen and oxygen atoms in total. The Morgan fingerprint density at radius 2 is 1.21 bits per heavy atom. The Morgan fingerprint density at radius 1 is 0.647 bits per heavy atom. The van der Waals surface area contributed by atoms with Gasteiger partial charge >= 0.3 is 0 Å². The average Bonchev–Trinajstić information content (AvgIpc) is 2.64. The second-order valence-corrected chi connectivity index (χ2v) is 10.2. The van der Waals surface area contributed by atoms with Crippen molar-refractivity contribution in [1.82, 2.24) is 0 Å². The molecule has 0 saturated heterocycles. The van der Waals surface area contributed by atoms with E-state index in [1.807, 2.05) is 0 Å². The number of hydrogen-bond donors (Lipinski definition) is 4. The van der Waals surface area contributed by atoms with Gasteiger partial charge in [0, 0.05) is 94.1 Å². The van der Waals surface area contributed by atoms with Crippen molar-refractivity contribution in [3.63, 3.8) is 0 Å². The first-order valence-electron chi connectivity index (χ1n) is 7.92. The predicted molar refractivity (Wildman–Crippen MR) is 123 cm³/mol. The minimum absolute atomic E-state index is 0. The molecule has 0 saturated carbocycles. The molecule has 3 aromatic rings. The molecule has 3 aromatic carbocycles. The van der Waals surface area contributed by atoms with E-state index in [4.69, 9.17) is 0 Å². The number of fused-ring (bicyclic) bond motifs is 1. The van der Waals surface area contributed by atoms with Crippen molar-refractivity contribution in [2.24, 2.45) is 10.2 Å². The van der Waals surface area contributed by atoms with E-state index in [0.29, 0.717) is 0 Å². The van der Waals surface area contributed by atoms with Gasteiger partial charge in [-0.3, -0.25) is 13.7 Å². The van der Waals surface area contributed by atoms with Gasteiger partial charge in [-0.1, -0.05) is 18.2 Å². The fourth-order valence-corrected chi connectivity index (χ4v) is 4.41. The van der Waals surface area contributed by atoms with Gasteiger partial charge in [-0.2, -0.15) is 25.3 Å². The summed E-state index contributed by atoms with van der Waals surface area (Å²) in [6.45, 7) is 0. The molecule has 3 rings (SSSR count). The van der Waals surface area contributed by atoms with Gasteiger partial charge in [0.15, 0.2) is 5.75 Å². The van der Waals surface area contributed by atoms with Crippen molar-refractivity contribution in [2.75, 3.05) is 0 Å². The van der Waals surface area contributed by atoms with Crippen LogP contribution in [0.15, 0.2) is 73.4 Å². The summed E-state index contributed by atoms with van der Waals surface area (Å²) in [5.41, 5.74) is -0.915. The number of hydrogen-bond acceptors (Lipinski definition) is 9. The average molecular weight is 557 g/mol. The molecule has 18 heteroatoms. The first-order valence-corrected chi connectivity index (χ1v) is 12.2. The summed E-state index contributed by atoms with van der Waals surface area (Å²) < 4.78 is 96.8. The van der Waals surface area contributed by atoms with Crippen molar-refractivity contribution >= 4 is 141 Å². The molecule has 0 fully saturated rings. The fraction of sp³-hybridized carbons (Fsp3) is 0. The van der Waals surface area contributed by atoms with Crippen LogP contribution in [0.1, 0.15) is 0 Å². The van der Waals surface area contributed by atoms with E-state index >= 15 is 0 Å². The van der Waals surface area contributed by atoms with Gasteiger partial charge in [0.2, 0.25) is 0 Å². The van der Waals surface area contributed by atoms with Crippen molar-refractivity contribution in [3.05, 3.63) is 48.5 Å². The molecular weight excluding hydrogens is 545 g/mol. The second-order valence-electron chi connectivity index (χ2n) is 6.05. The van der Waals surface area contributed by atoms with Gasteiger partial charge < -0.3 is 5.11 Å². The van der Waals surface area contributed by atoms with Crippen LogP contribution >= 0.6 is 0 Å². The van der Waals surface area contributed by atoms with E-state index in [9.17, 15) is 44.0 Å².